The van der Waals surface area contributed by atoms with E-state index in [4.69, 9.17) is 23.7 Å². The molecule has 1 aliphatic rings. The zero-order chi connectivity index (χ0) is 24.9. The van der Waals surface area contributed by atoms with E-state index < -0.39 is 0 Å². The Bertz CT molecular complexity index is 1180. The zero-order valence-electron chi connectivity index (χ0n) is 20.9. The van der Waals surface area contributed by atoms with Crippen LogP contribution in [0.2, 0.25) is 0 Å². The Hall–Kier alpha value is -3.65. The van der Waals surface area contributed by atoms with Gasteiger partial charge in [-0.05, 0) is 52.7 Å². The SMILES string of the molecule is COc1cc2ccc(C(=O)N3CCN(Cc4cc(OC)c(OC)c(OC)c4)CC3)cc2cc1OC. The number of nitrogens with zero attached hydrogens (tertiary/aromatic N) is 2. The number of amides is 1. The van der Waals surface area contributed by atoms with Crippen LogP contribution in [0.5, 0.6) is 28.7 Å². The van der Waals surface area contributed by atoms with Gasteiger partial charge in [0.2, 0.25) is 5.75 Å². The molecule has 3 aromatic carbocycles. The van der Waals surface area contributed by atoms with E-state index in [1.54, 1.807) is 35.5 Å². The van der Waals surface area contributed by atoms with Crippen molar-refractivity contribution in [3.63, 3.8) is 0 Å². The van der Waals surface area contributed by atoms with Gasteiger partial charge < -0.3 is 28.6 Å². The van der Waals surface area contributed by atoms with E-state index in [1.807, 2.05) is 47.4 Å². The molecular weight excluding hydrogens is 448 g/mol. The molecule has 1 saturated heterocycles. The summed E-state index contributed by atoms with van der Waals surface area (Å²) < 4.78 is 27.2. The Balaban J connectivity index is 1.43. The second-order valence-electron chi connectivity index (χ2n) is 8.37. The molecule has 0 radical (unpaired) electrons. The maximum atomic E-state index is 13.2. The molecule has 1 heterocycles. The molecule has 1 aliphatic heterocycles. The predicted molar refractivity (Wildman–Crippen MR) is 134 cm³/mol. The number of hydrogen-bond acceptors (Lipinski definition) is 7. The fraction of sp³-hybridized carbons (Fsp3) is 0.370. The molecule has 8 nitrogen and oxygen atoms in total. The normalized spacial score (nSPS) is 14.0. The number of ether oxygens (including phenoxy) is 5. The largest absolute Gasteiger partial charge is 0.493 e. The van der Waals surface area contributed by atoms with Gasteiger partial charge in [0, 0.05) is 38.3 Å². The van der Waals surface area contributed by atoms with Crippen LogP contribution in [0.4, 0.5) is 0 Å². The Morgan fingerprint density at radius 2 is 1.26 bits per heavy atom. The Morgan fingerprint density at radius 1 is 0.686 bits per heavy atom. The first-order valence-corrected chi connectivity index (χ1v) is 11.5. The van der Waals surface area contributed by atoms with Crippen LogP contribution in [-0.4, -0.2) is 77.4 Å². The summed E-state index contributed by atoms with van der Waals surface area (Å²) in [5.74, 6) is 3.21. The van der Waals surface area contributed by atoms with Crippen molar-refractivity contribution in [1.82, 2.24) is 9.80 Å². The molecule has 1 amide bonds. The molecule has 0 bridgehead atoms. The first-order chi connectivity index (χ1) is 17.0. The van der Waals surface area contributed by atoms with Crippen molar-refractivity contribution in [2.45, 2.75) is 6.54 Å². The lowest BCUT2D eigenvalue weighted by Gasteiger charge is -2.35. The lowest BCUT2D eigenvalue weighted by atomic mass is 10.0. The Labute approximate surface area is 205 Å². The molecular formula is C27H32N2O6. The van der Waals surface area contributed by atoms with E-state index in [2.05, 4.69) is 4.90 Å². The molecule has 4 rings (SSSR count). The summed E-state index contributed by atoms with van der Waals surface area (Å²) in [6, 6.07) is 13.5. The number of carbonyl (C=O) groups is 1. The minimum absolute atomic E-state index is 0.0362. The van der Waals surface area contributed by atoms with Gasteiger partial charge in [-0.25, -0.2) is 0 Å². The van der Waals surface area contributed by atoms with Gasteiger partial charge in [-0.15, -0.1) is 0 Å². The number of benzene rings is 3. The lowest BCUT2D eigenvalue weighted by molar-refractivity contribution is 0.0628. The van der Waals surface area contributed by atoms with Crippen LogP contribution < -0.4 is 23.7 Å². The smallest absolute Gasteiger partial charge is 0.253 e. The third-order valence-electron chi connectivity index (χ3n) is 6.38. The summed E-state index contributed by atoms with van der Waals surface area (Å²) >= 11 is 0. The van der Waals surface area contributed by atoms with E-state index in [0.717, 1.165) is 36.0 Å². The molecule has 35 heavy (non-hydrogen) atoms. The molecule has 0 spiro atoms. The van der Waals surface area contributed by atoms with E-state index in [-0.39, 0.29) is 5.91 Å². The van der Waals surface area contributed by atoms with Gasteiger partial charge in [-0.1, -0.05) is 6.07 Å². The molecule has 186 valence electrons. The Kier molecular flexibility index (Phi) is 7.51. The van der Waals surface area contributed by atoms with Gasteiger partial charge in [-0.2, -0.15) is 0 Å². The molecule has 1 fully saturated rings. The highest BCUT2D eigenvalue weighted by Gasteiger charge is 2.23. The fourth-order valence-electron chi connectivity index (χ4n) is 4.48. The monoisotopic (exact) mass is 480 g/mol. The quantitative estimate of drug-likeness (QED) is 0.485. The molecule has 0 N–H and O–H groups in total. The first kappa shape index (κ1) is 24.5. The van der Waals surface area contributed by atoms with Crippen molar-refractivity contribution in [2.75, 3.05) is 61.7 Å². The average molecular weight is 481 g/mol. The van der Waals surface area contributed by atoms with Crippen LogP contribution in [0.1, 0.15) is 15.9 Å². The van der Waals surface area contributed by atoms with Gasteiger partial charge in [0.05, 0.1) is 35.5 Å². The standard InChI is InChI=1S/C27H32N2O6/c1-31-22-15-19-6-7-20(14-21(19)16-23(22)32-2)27(30)29-10-8-28(9-11-29)17-18-12-24(33-3)26(35-5)25(13-18)34-4/h6-7,12-16H,8-11,17H2,1-5H3. The van der Waals surface area contributed by atoms with Crippen LogP contribution in [-0.2, 0) is 6.54 Å². The van der Waals surface area contributed by atoms with Gasteiger partial charge in [0.15, 0.2) is 23.0 Å². The predicted octanol–water partition coefficient (Wildman–Crippen LogP) is 3.84. The van der Waals surface area contributed by atoms with Crippen molar-refractivity contribution in [2.24, 2.45) is 0 Å². The van der Waals surface area contributed by atoms with Crippen LogP contribution in [0.3, 0.4) is 0 Å². The summed E-state index contributed by atoms with van der Waals surface area (Å²) in [6.45, 7) is 3.61. The molecule has 0 aromatic heterocycles. The lowest BCUT2D eigenvalue weighted by Crippen LogP contribution is -2.48. The van der Waals surface area contributed by atoms with Crippen molar-refractivity contribution in [3.05, 3.63) is 53.6 Å². The summed E-state index contributed by atoms with van der Waals surface area (Å²) in [5.41, 5.74) is 1.74. The Morgan fingerprint density at radius 3 is 1.80 bits per heavy atom. The molecule has 0 saturated carbocycles. The van der Waals surface area contributed by atoms with Gasteiger partial charge >= 0.3 is 0 Å². The number of carbonyl (C=O) groups excluding carboxylic acids is 1. The van der Waals surface area contributed by atoms with Gasteiger partial charge in [0.25, 0.3) is 5.91 Å². The number of hydrogen-bond donors (Lipinski definition) is 0. The first-order valence-electron chi connectivity index (χ1n) is 11.5. The molecule has 0 atom stereocenters. The van der Waals surface area contributed by atoms with Crippen LogP contribution in [0.15, 0.2) is 42.5 Å². The summed E-state index contributed by atoms with van der Waals surface area (Å²) in [5, 5.41) is 1.93. The topological polar surface area (TPSA) is 69.7 Å². The summed E-state index contributed by atoms with van der Waals surface area (Å²) in [4.78, 5) is 17.5. The molecule has 0 unspecified atom stereocenters. The van der Waals surface area contributed by atoms with E-state index in [9.17, 15) is 4.79 Å². The van der Waals surface area contributed by atoms with Gasteiger partial charge in [-0.3, -0.25) is 9.69 Å². The van der Waals surface area contributed by atoms with Crippen LogP contribution >= 0.6 is 0 Å². The number of fused-ring (bicyclic) bond motifs is 1. The fourth-order valence-corrected chi connectivity index (χ4v) is 4.48. The highest BCUT2D eigenvalue weighted by Crippen LogP contribution is 2.38. The highest BCUT2D eigenvalue weighted by molar-refractivity contribution is 5.99. The maximum Gasteiger partial charge on any atom is 0.253 e. The van der Waals surface area contributed by atoms with Crippen LogP contribution in [0, 0.1) is 0 Å². The minimum Gasteiger partial charge on any atom is -0.493 e. The van der Waals surface area contributed by atoms with Crippen molar-refractivity contribution in [3.8, 4) is 28.7 Å². The van der Waals surface area contributed by atoms with E-state index in [1.165, 1.54) is 0 Å². The maximum absolute atomic E-state index is 13.2. The number of methoxy groups -OCH3 is 5. The zero-order valence-corrected chi connectivity index (χ0v) is 20.9. The average Bonchev–Trinajstić information content (AvgIpc) is 2.91. The molecule has 3 aromatic rings. The second kappa shape index (κ2) is 10.7. The molecule has 8 heteroatoms. The number of piperazine rings is 1. The molecule has 0 aliphatic carbocycles. The summed E-state index contributed by atoms with van der Waals surface area (Å²) in [7, 11) is 8.05. The third-order valence-corrected chi connectivity index (χ3v) is 6.38. The summed E-state index contributed by atoms with van der Waals surface area (Å²) in [6.07, 6.45) is 0. The van der Waals surface area contributed by atoms with Gasteiger partial charge in [0.1, 0.15) is 0 Å². The highest BCUT2D eigenvalue weighted by atomic mass is 16.5. The van der Waals surface area contributed by atoms with Crippen molar-refractivity contribution in [1.29, 1.82) is 0 Å². The van der Waals surface area contributed by atoms with Crippen LogP contribution in [0.25, 0.3) is 10.8 Å². The van der Waals surface area contributed by atoms with E-state index >= 15 is 0 Å². The van der Waals surface area contributed by atoms with Crippen molar-refractivity contribution >= 4 is 16.7 Å². The van der Waals surface area contributed by atoms with E-state index in [0.29, 0.717) is 47.4 Å². The minimum atomic E-state index is 0.0362. The second-order valence-corrected chi connectivity index (χ2v) is 8.37. The number of rotatable bonds is 8. The van der Waals surface area contributed by atoms with Crippen molar-refractivity contribution < 1.29 is 28.5 Å². The third kappa shape index (κ3) is 5.07.